The summed E-state index contributed by atoms with van der Waals surface area (Å²) in [5.41, 5.74) is 7.64. The van der Waals surface area contributed by atoms with E-state index in [0.717, 1.165) is 20.2 Å². The average molecular weight is 468 g/mol. The van der Waals surface area contributed by atoms with Gasteiger partial charge < -0.3 is 16.0 Å². The van der Waals surface area contributed by atoms with Crippen molar-refractivity contribution in [1.82, 2.24) is 10.3 Å². The highest BCUT2D eigenvalue weighted by molar-refractivity contribution is 14.1. The van der Waals surface area contributed by atoms with E-state index in [1.54, 1.807) is 18.2 Å². The van der Waals surface area contributed by atoms with Gasteiger partial charge in [-0.3, -0.25) is 9.59 Å². The Morgan fingerprint density at radius 3 is 2.64 bits per heavy atom. The molecule has 0 radical (unpaired) electrons. The molecule has 25 heavy (non-hydrogen) atoms. The Morgan fingerprint density at radius 2 is 1.96 bits per heavy atom. The SMILES string of the molecule is NC(=O)[C@@H](Cc1cc2ccccc2[nH]1)NC(=O)c1ccc(I)c(Cl)c1. The number of H-pyrrole nitrogens is 1. The van der Waals surface area contributed by atoms with Gasteiger partial charge in [0, 0.05) is 26.8 Å². The summed E-state index contributed by atoms with van der Waals surface area (Å²) < 4.78 is 0.848. The lowest BCUT2D eigenvalue weighted by molar-refractivity contribution is -0.119. The molecule has 128 valence electrons. The molecule has 2 amide bonds. The first-order valence-electron chi connectivity index (χ1n) is 7.56. The van der Waals surface area contributed by atoms with Crippen molar-refractivity contribution in [2.45, 2.75) is 12.5 Å². The zero-order valence-electron chi connectivity index (χ0n) is 13.1. The van der Waals surface area contributed by atoms with Crippen molar-refractivity contribution in [1.29, 1.82) is 0 Å². The molecule has 1 aromatic heterocycles. The van der Waals surface area contributed by atoms with E-state index >= 15 is 0 Å². The highest BCUT2D eigenvalue weighted by Gasteiger charge is 2.20. The molecular formula is C18H15ClIN3O2. The van der Waals surface area contributed by atoms with Crippen LogP contribution in [0.5, 0.6) is 0 Å². The standard InChI is InChI=1S/C18H15ClIN3O2/c19-13-8-11(5-6-14(13)20)18(25)23-16(17(21)24)9-12-7-10-3-1-2-4-15(10)22-12/h1-8,16,22H,9H2,(H2,21,24)(H,23,25)/t16-/m1/s1. The molecule has 4 N–H and O–H groups in total. The maximum absolute atomic E-state index is 12.4. The number of fused-ring (bicyclic) bond motifs is 1. The van der Waals surface area contributed by atoms with E-state index in [1.165, 1.54) is 0 Å². The molecule has 0 aliphatic rings. The van der Waals surface area contributed by atoms with Crippen molar-refractivity contribution in [2.24, 2.45) is 5.73 Å². The largest absolute Gasteiger partial charge is 0.368 e. The molecule has 0 aliphatic carbocycles. The molecular weight excluding hydrogens is 453 g/mol. The molecule has 3 rings (SSSR count). The minimum absolute atomic E-state index is 0.286. The summed E-state index contributed by atoms with van der Waals surface area (Å²) in [5.74, 6) is -0.984. The lowest BCUT2D eigenvalue weighted by Gasteiger charge is -2.15. The molecule has 1 heterocycles. The van der Waals surface area contributed by atoms with Crippen LogP contribution in [-0.4, -0.2) is 22.8 Å². The van der Waals surface area contributed by atoms with Gasteiger partial charge in [0.05, 0.1) is 5.02 Å². The Bertz CT molecular complexity index is 921. The highest BCUT2D eigenvalue weighted by Crippen LogP contribution is 2.20. The smallest absolute Gasteiger partial charge is 0.251 e. The number of para-hydroxylation sites is 1. The third-order valence-electron chi connectivity index (χ3n) is 3.84. The van der Waals surface area contributed by atoms with Gasteiger partial charge in [0.1, 0.15) is 6.04 Å². The molecule has 0 saturated carbocycles. The second-order valence-electron chi connectivity index (χ2n) is 5.64. The second kappa shape index (κ2) is 7.45. The number of benzene rings is 2. The van der Waals surface area contributed by atoms with Gasteiger partial charge >= 0.3 is 0 Å². The van der Waals surface area contributed by atoms with Gasteiger partial charge in [-0.1, -0.05) is 29.8 Å². The van der Waals surface area contributed by atoms with E-state index in [4.69, 9.17) is 17.3 Å². The van der Waals surface area contributed by atoms with E-state index in [2.05, 4.69) is 32.9 Å². The first kappa shape index (κ1) is 17.8. The van der Waals surface area contributed by atoms with Crippen molar-refractivity contribution in [2.75, 3.05) is 0 Å². The van der Waals surface area contributed by atoms with Crippen LogP contribution in [0.15, 0.2) is 48.5 Å². The van der Waals surface area contributed by atoms with Crippen LogP contribution in [0, 0.1) is 3.57 Å². The van der Waals surface area contributed by atoms with Crippen LogP contribution in [0.1, 0.15) is 16.1 Å². The Labute approximate surface area is 163 Å². The van der Waals surface area contributed by atoms with Crippen LogP contribution in [0.2, 0.25) is 5.02 Å². The lowest BCUT2D eigenvalue weighted by Crippen LogP contribution is -2.45. The summed E-state index contributed by atoms with van der Waals surface area (Å²) in [4.78, 5) is 27.4. The van der Waals surface area contributed by atoms with Gasteiger partial charge in [-0.25, -0.2) is 0 Å². The van der Waals surface area contributed by atoms with Crippen LogP contribution < -0.4 is 11.1 Å². The average Bonchev–Trinajstić information content (AvgIpc) is 2.99. The molecule has 0 aliphatic heterocycles. The molecule has 3 aromatic rings. The number of carbonyl (C=O) groups excluding carboxylic acids is 2. The fraction of sp³-hybridized carbons (Fsp3) is 0.111. The number of hydrogen-bond donors (Lipinski definition) is 3. The maximum atomic E-state index is 12.4. The van der Waals surface area contributed by atoms with E-state index < -0.39 is 17.9 Å². The van der Waals surface area contributed by atoms with Gasteiger partial charge in [-0.05, 0) is 58.3 Å². The Morgan fingerprint density at radius 1 is 1.20 bits per heavy atom. The maximum Gasteiger partial charge on any atom is 0.251 e. The number of nitrogens with two attached hydrogens (primary N) is 1. The lowest BCUT2D eigenvalue weighted by atomic mass is 10.1. The topological polar surface area (TPSA) is 88.0 Å². The Balaban J connectivity index is 1.77. The third kappa shape index (κ3) is 4.13. The number of primary amides is 1. The van der Waals surface area contributed by atoms with Crippen molar-refractivity contribution >= 4 is 56.9 Å². The number of amides is 2. The Hall–Kier alpha value is -2.06. The normalized spacial score (nSPS) is 12.1. The molecule has 7 heteroatoms. The minimum Gasteiger partial charge on any atom is -0.368 e. The van der Waals surface area contributed by atoms with Gasteiger partial charge in [-0.2, -0.15) is 0 Å². The number of aromatic amines is 1. The summed E-state index contributed by atoms with van der Waals surface area (Å²) in [7, 11) is 0. The van der Waals surface area contributed by atoms with Gasteiger partial charge in [0.25, 0.3) is 5.91 Å². The number of carbonyl (C=O) groups is 2. The van der Waals surface area contributed by atoms with E-state index in [-0.39, 0.29) is 6.42 Å². The monoisotopic (exact) mass is 467 g/mol. The summed E-state index contributed by atoms with van der Waals surface area (Å²) in [6.07, 6.45) is 0.286. The molecule has 0 bridgehead atoms. The Kier molecular flexibility index (Phi) is 5.29. The quantitative estimate of drug-likeness (QED) is 0.503. The van der Waals surface area contributed by atoms with E-state index in [1.807, 2.05) is 30.3 Å². The molecule has 0 fully saturated rings. The molecule has 1 atom stereocenters. The first-order chi connectivity index (χ1) is 11.9. The molecule has 0 unspecified atom stereocenters. The third-order valence-corrected chi connectivity index (χ3v) is 5.41. The molecule has 2 aromatic carbocycles. The number of halogens is 2. The van der Waals surface area contributed by atoms with Crippen molar-refractivity contribution in [3.8, 4) is 0 Å². The van der Waals surface area contributed by atoms with Gasteiger partial charge in [0.15, 0.2) is 0 Å². The fourth-order valence-corrected chi connectivity index (χ4v) is 3.08. The number of hydrogen-bond acceptors (Lipinski definition) is 2. The van der Waals surface area contributed by atoms with Gasteiger partial charge in [0.2, 0.25) is 5.91 Å². The predicted octanol–water partition coefficient (Wildman–Crippen LogP) is 3.25. The zero-order chi connectivity index (χ0) is 18.0. The van der Waals surface area contributed by atoms with Crippen LogP contribution in [0.25, 0.3) is 10.9 Å². The first-order valence-corrected chi connectivity index (χ1v) is 9.01. The summed E-state index contributed by atoms with van der Waals surface area (Å²) >= 11 is 8.13. The zero-order valence-corrected chi connectivity index (χ0v) is 16.0. The molecule has 5 nitrogen and oxygen atoms in total. The van der Waals surface area contributed by atoms with Crippen LogP contribution in [0.3, 0.4) is 0 Å². The number of aromatic nitrogens is 1. The minimum atomic E-state index is -0.821. The molecule has 0 saturated heterocycles. The van der Waals surface area contributed by atoms with Crippen LogP contribution in [-0.2, 0) is 11.2 Å². The highest BCUT2D eigenvalue weighted by atomic mass is 127. The predicted molar refractivity (Wildman–Crippen MR) is 107 cm³/mol. The van der Waals surface area contributed by atoms with Gasteiger partial charge in [-0.15, -0.1) is 0 Å². The molecule has 0 spiro atoms. The summed E-state index contributed by atoms with van der Waals surface area (Å²) in [5, 5.41) is 4.20. The summed E-state index contributed by atoms with van der Waals surface area (Å²) in [6, 6.07) is 13.9. The second-order valence-corrected chi connectivity index (χ2v) is 7.21. The number of rotatable bonds is 5. The van der Waals surface area contributed by atoms with Crippen molar-refractivity contribution in [3.05, 3.63) is 68.4 Å². The number of nitrogens with one attached hydrogen (secondary N) is 2. The van der Waals surface area contributed by atoms with Crippen molar-refractivity contribution < 1.29 is 9.59 Å². The van der Waals surface area contributed by atoms with E-state index in [9.17, 15) is 9.59 Å². The van der Waals surface area contributed by atoms with Crippen molar-refractivity contribution in [3.63, 3.8) is 0 Å². The fourth-order valence-electron chi connectivity index (χ4n) is 2.57. The summed E-state index contributed by atoms with van der Waals surface area (Å²) in [6.45, 7) is 0. The van der Waals surface area contributed by atoms with Crippen LogP contribution in [0.4, 0.5) is 0 Å². The van der Waals surface area contributed by atoms with Crippen LogP contribution >= 0.6 is 34.2 Å². The van der Waals surface area contributed by atoms with E-state index in [0.29, 0.717) is 10.6 Å².